The summed E-state index contributed by atoms with van der Waals surface area (Å²) in [5.74, 6) is -0.206. The number of anilines is 2. The number of hydrogen-bond donors (Lipinski definition) is 1. The number of aryl methyl sites for hydroxylation is 4. The van der Waals surface area contributed by atoms with Crippen molar-refractivity contribution in [3.63, 3.8) is 0 Å². The lowest BCUT2D eigenvalue weighted by Gasteiger charge is -2.26. The van der Waals surface area contributed by atoms with E-state index in [2.05, 4.69) is 5.32 Å². The molecule has 0 aliphatic heterocycles. The highest BCUT2D eigenvalue weighted by atomic mass is 32.2. The van der Waals surface area contributed by atoms with E-state index in [1.165, 1.54) is 7.11 Å². The molecule has 0 aromatic heterocycles. The van der Waals surface area contributed by atoms with Crippen LogP contribution in [0.5, 0.6) is 5.75 Å². The third kappa shape index (κ3) is 5.37. The molecule has 0 radical (unpaired) electrons. The molecule has 0 aliphatic carbocycles. The Balaban J connectivity index is 2.08. The maximum Gasteiger partial charge on any atom is 0.268 e. The topological polar surface area (TPSA) is 75.7 Å². The number of carbonyl (C=O) groups is 1. The highest BCUT2D eigenvalue weighted by Crippen LogP contribution is 2.32. The molecule has 174 valence electrons. The predicted molar refractivity (Wildman–Crippen MR) is 133 cm³/mol. The standard InChI is InChI=1S/C26H30N2O4S/c1-17-10-11-24(32-6)25(15-17)33(30,31)28(22-13-18(2)12-19(3)14-22)16-26(29)27-23-9-7-8-20(4)21(23)5/h7-15H,16H2,1-6H3,(H,27,29). The molecule has 0 spiro atoms. The van der Waals surface area contributed by atoms with Crippen LogP contribution in [-0.2, 0) is 14.8 Å². The van der Waals surface area contributed by atoms with E-state index in [1.807, 2.05) is 52.8 Å². The van der Waals surface area contributed by atoms with Gasteiger partial charge in [-0.05, 0) is 92.8 Å². The number of benzene rings is 3. The molecule has 6 nitrogen and oxygen atoms in total. The second-order valence-electron chi connectivity index (χ2n) is 8.31. The molecule has 0 saturated carbocycles. The number of hydrogen-bond acceptors (Lipinski definition) is 4. The molecular formula is C26H30N2O4S. The molecule has 0 atom stereocenters. The average molecular weight is 467 g/mol. The molecule has 0 saturated heterocycles. The molecule has 0 bridgehead atoms. The minimum absolute atomic E-state index is 0.0173. The van der Waals surface area contributed by atoms with Gasteiger partial charge in [0, 0.05) is 5.69 Å². The molecule has 3 aromatic carbocycles. The molecular weight excluding hydrogens is 436 g/mol. The van der Waals surface area contributed by atoms with E-state index in [9.17, 15) is 13.2 Å². The van der Waals surface area contributed by atoms with Crippen LogP contribution in [0.1, 0.15) is 27.8 Å². The Morgan fingerprint density at radius 1 is 0.909 bits per heavy atom. The van der Waals surface area contributed by atoms with Gasteiger partial charge in [-0.15, -0.1) is 0 Å². The lowest BCUT2D eigenvalue weighted by molar-refractivity contribution is -0.114. The first kappa shape index (κ1) is 24.3. The zero-order valence-corrected chi connectivity index (χ0v) is 20.7. The van der Waals surface area contributed by atoms with Gasteiger partial charge in [0.1, 0.15) is 17.2 Å². The minimum atomic E-state index is -4.11. The third-order valence-corrected chi connectivity index (χ3v) is 7.34. The summed E-state index contributed by atoms with van der Waals surface area (Å²) in [7, 11) is -2.68. The smallest absolute Gasteiger partial charge is 0.268 e. The van der Waals surface area contributed by atoms with Crippen LogP contribution in [0.4, 0.5) is 11.4 Å². The SMILES string of the molecule is COc1ccc(C)cc1S(=O)(=O)N(CC(=O)Nc1cccc(C)c1C)c1cc(C)cc(C)c1. The van der Waals surface area contributed by atoms with Gasteiger partial charge in [-0.3, -0.25) is 9.10 Å². The van der Waals surface area contributed by atoms with E-state index in [1.54, 1.807) is 36.4 Å². The zero-order valence-electron chi connectivity index (χ0n) is 19.9. The van der Waals surface area contributed by atoms with E-state index in [0.717, 1.165) is 32.1 Å². The van der Waals surface area contributed by atoms with Crippen molar-refractivity contribution in [2.75, 3.05) is 23.3 Å². The minimum Gasteiger partial charge on any atom is -0.495 e. The maximum absolute atomic E-state index is 13.9. The average Bonchev–Trinajstić information content (AvgIpc) is 2.74. The summed E-state index contributed by atoms with van der Waals surface area (Å²) in [6.07, 6.45) is 0. The number of sulfonamides is 1. The van der Waals surface area contributed by atoms with Gasteiger partial charge in [0.25, 0.3) is 10.0 Å². The second kappa shape index (κ2) is 9.67. The van der Waals surface area contributed by atoms with Crippen molar-refractivity contribution in [3.8, 4) is 5.75 Å². The molecule has 1 N–H and O–H groups in total. The van der Waals surface area contributed by atoms with Crippen LogP contribution in [0.15, 0.2) is 59.5 Å². The molecule has 0 fully saturated rings. The summed E-state index contributed by atoms with van der Waals surface area (Å²) in [4.78, 5) is 13.1. The Morgan fingerprint density at radius 2 is 1.58 bits per heavy atom. The Morgan fingerprint density at radius 3 is 2.21 bits per heavy atom. The van der Waals surface area contributed by atoms with Crippen molar-refractivity contribution in [1.82, 2.24) is 0 Å². The van der Waals surface area contributed by atoms with Gasteiger partial charge in [0.15, 0.2) is 0 Å². The van der Waals surface area contributed by atoms with Crippen LogP contribution >= 0.6 is 0 Å². The van der Waals surface area contributed by atoms with Gasteiger partial charge >= 0.3 is 0 Å². The number of rotatable bonds is 7. The van der Waals surface area contributed by atoms with Gasteiger partial charge in [-0.2, -0.15) is 0 Å². The van der Waals surface area contributed by atoms with Crippen LogP contribution in [0.3, 0.4) is 0 Å². The lowest BCUT2D eigenvalue weighted by Crippen LogP contribution is -2.38. The lowest BCUT2D eigenvalue weighted by atomic mass is 10.1. The molecule has 1 amide bonds. The van der Waals surface area contributed by atoms with E-state index in [-0.39, 0.29) is 17.2 Å². The molecule has 7 heteroatoms. The number of amides is 1. The van der Waals surface area contributed by atoms with Crippen molar-refractivity contribution in [1.29, 1.82) is 0 Å². The van der Waals surface area contributed by atoms with Gasteiger partial charge in [0.05, 0.1) is 12.8 Å². The fraction of sp³-hybridized carbons (Fsp3) is 0.269. The van der Waals surface area contributed by atoms with Crippen molar-refractivity contribution in [2.45, 2.75) is 39.5 Å². The van der Waals surface area contributed by atoms with Crippen LogP contribution in [0.2, 0.25) is 0 Å². The van der Waals surface area contributed by atoms with E-state index < -0.39 is 15.9 Å². The predicted octanol–water partition coefficient (Wildman–Crippen LogP) is 5.07. The molecule has 0 unspecified atom stereocenters. The van der Waals surface area contributed by atoms with E-state index in [0.29, 0.717) is 11.4 Å². The largest absolute Gasteiger partial charge is 0.495 e. The highest BCUT2D eigenvalue weighted by Gasteiger charge is 2.30. The first-order valence-electron chi connectivity index (χ1n) is 10.6. The Bertz CT molecular complexity index is 1280. The molecule has 0 aliphatic rings. The third-order valence-electron chi connectivity index (χ3n) is 5.55. The fourth-order valence-electron chi connectivity index (χ4n) is 3.72. The monoisotopic (exact) mass is 466 g/mol. The van der Waals surface area contributed by atoms with Crippen molar-refractivity contribution >= 4 is 27.3 Å². The van der Waals surface area contributed by atoms with Crippen molar-refractivity contribution in [2.24, 2.45) is 0 Å². The quantitative estimate of drug-likeness (QED) is 0.527. The molecule has 33 heavy (non-hydrogen) atoms. The van der Waals surface area contributed by atoms with E-state index in [4.69, 9.17) is 4.74 Å². The Kier molecular flexibility index (Phi) is 7.12. The maximum atomic E-state index is 13.9. The van der Waals surface area contributed by atoms with Gasteiger partial charge in [0.2, 0.25) is 5.91 Å². The summed E-state index contributed by atoms with van der Waals surface area (Å²) in [5, 5.41) is 2.87. The summed E-state index contributed by atoms with van der Waals surface area (Å²) in [5.41, 5.74) is 5.63. The summed E-state index contributed by atoms with van der Waals surface area (Å²) < 4.78 is 34.2. The highest BCUT2D eigenvalue weighted by molar-refractivity contribution is 7.93. The number of nitrogens with one attached hydrogen (secondary N) is 1. The summed E-state index contributed by atoms with van der Waals surface area (Å²) in [6, 6.07) is 16.1. The summed E-state index contributed by atoms with van der Waals surface area (Å²) >= 11 is 0. The Labute approximate surface area is 196 Å². The first-order valence-corrected chi connectivity index (χ1v) is 12.1. The van der Waals surface area contributed by atoms with E-state index >= 15 is 0 Å². The van der Waals surface area contributed by atoms with Crippen LogP contribution in [0.25, 0.3) is 0 Å². The number of carbonyl (C=O) groups excluding carboxylic acids is 1. The van der Waals surface area contributed by atoms with Crippen LogP contribution < -0.4 is 14.4 Å². The van der Waals surface area contributed by atoms with Gasteiger partial charge in [-0.1, -0.05) is 24.3 Å². The first-order chi connectivity index (χ1) is 15.5. The second-order valence-corrected chi connectivity index (χ2v) is 10.1. The van der Waals surface area contributed by atoms with Crippen LogP contribution in [-0.4, -0.2) is 28.0 Å². The molecule has 0 heterocycles. The van der Waals surface area contributed by atoms with Gasteiger partial charge < -0.3 is 10.1 Å². The van der Waals surface area contributed by atoms with Crippen molar-refractivity contribution in [3.05, 3.63) is 82.4 Å². The normalized spacial score (nSPS) is 11.2. The number of nitrogens with zero attached hydrogens (tertiary/aromatic N) is 1. The number of ether oxygens (including phenoxy) is 1. The zero-order chi connectivity index (χ0) is 24.3. The fourth-order valence-corrected chi connectivity index (χ4v) is 5.37. The van der Waals surface area contributed by atoms with Crippen LogP contribution in [0, 0.1) is 34.6 Å². The molecule has 3 aromatic rings. The van der Waals surface area contributed by atoms with Gasteiger partial charge in [-0.25, -0.2) is 8.42 Å². The summed E-state index contributed by atoms with van der Waals surface area (Å²) in [6.45, 7) is 9.10. The van der Waals surface area contributed by atoms with Crippen molar-refractivity contribution < 1.29 is 17.9 Å². The molecule has 3 rings (SSSR count). The Hall–Kier alpha value is -3.32. The number of methoxy groups -OCH3 is 1.